The maximum atomic E-state index is 13.5. The van der Waals surface area contributed by atoms with Crippen molar-refractivity contribution in [2.75, 3.05) is 13.7 Å². The van der Waals surface area contributed by atoms with Gasteiger partial charge in [0.2, 0.25) is 0 Å². The van der Waals surface area contributed by atoms with Gasteiger partial charge in [0.25, 0.3) is 0 Å². The number of methoxy groups -OCH3 is 1. The van der Waals surface area contributed by atoms with Gasteiger partial charge in [0, 0.05) is 28.8 Å². The van der Waals surface area contributed by atoms with E-state index in [2.05, 4.69) is 21.9 Å². The summed E-state index contributed by atoms with van der Waals surface area (Å²) >= 11 is 3.50. The van der Waals surface area contributed by atoms with E-state index in [1.807, 2.05) is 27.7 Å². The molecule has 2 N–H and O–H groups in total. The number of carbonyl (C=O) groups is 2. The molecule has 1 aromatic rings. The zero-order valence-corrected chi connectivity index (χ0v) is 22.1. The topological polar surface area (TPSA) is 93.1 Å². The third kappa shape index (κ3) is 5.50. The average Bonchev–Trinajstić information content (AvgIpc) is 2.68. The summed E-state index contributed by atoms with van der Waals surface area (Å²) in [6.45, 7) is 7.76. The number of rotatable bonds is 6. The Bertz CT molecular complexity index is 950. The Balaban J connectivity index is 2.23. The van der Waals surface area contributed by atoms with Gasteiger partial charge in [-0.15, -0.1) is 6.42 Å². The van der Waals surface area contributed by atoms with E-state index < -0.39 is 30.0 Å². The molecule has 6 nitrogen and oxygen atoms in total. The molecule has 0 aliphatic heterocycles. The molecule has 2 fully saturated rings. The van der Waals surface area contributed by atoms with E-state index in [-0.39, 0.29) is 41.8 Å². The number of ketones is 2. The van der Waals surface area contributed by atoms with Crippen molar-refractivity contribution in [2.24, 2.45) is 22.7 Å². The SMILES string of the molecule is C#CCOc1c(OC)cc(Br)cc1C([C@H]1C(=O)CC(C)(C)C[C@H]1O)[C@@H]1C(=O)CC(C)(C)C[C@@H]1O. The van der Waals surface area contributed by atoms with E-state index in [0.717, 1.165) is 0 Å². The van der Waals surface area contributed by atoms with E-state index >= 15 is 0 Å². The van der Waals surface area contributed by atoms with Crippen molar-refractivity contribution in [3.63, 3.8) is 0 Å². The zero-order valence-electron chi connectivity index (χ0n) is 20.6. The first kappa shape index (κ1) is 26.7. The molecule has 3 rings (SSSR count). The summed E-state index contributed by atoms with van der Waals surface area (Å²) in [6, 6.07) is 3.50. The molecule has 1 unspecified atom stereocenters. The van der Waals surface area contributed by atoms with Crippen LogP contribution >= 0.6 is 15.9 Å². The Labute approximate surface area is 210 Å². The van der Waals surface area contributed by atoms with Crippen molar-refractivity contribution >= 4 is 27.5 Å². The summed E-state index contributed by atoms with van der Waals surface area (Å²) in [6.07, 6.45) is 4.88. The van der Waals surface area contributed by atoms with Gasteiger partial charge in [0.15, 0.2) is 11.5 Å². The number of Topliss-reactive ketones (excluding diaryl/α,β-unsaturated/α-hetero) is 2. The van der Waals surface area contributed by atoms with Crippen molar-refractivity contribution in [3.8, 4) is 23.8 Å². The first-order chi connectivity index (χ1) is 15.8. The molecule has 0 amide bonds. The normalized spacial score (nSPS) is 29.3. The molecule has 186 valence electrons. The van der Waals surface area contributed by atoms with E-state index in [1.165, 1.54) is 7.11 Å². The second-order valence-corrected chi connectivity index (χ2v) is 12.2. The average molecular weight is 535 g/mol. The van der Waals surface area contributed by atoms with Crippen LogP contribution in [-0.4, -0.2) is 47.7 Å². The molecule has 0 saturated heterocycles. The Hall–Kier alpha value is -1.88. The maximum absolute atomic E-state index is 13.5. The molecule has 0 radical (unpaired) electrons. The fourth-order valence-electron chi connectivity index (χ4n) is 5.88. The van der Waals surface area contributed by atoms with Crippen LogP contribution in [0.4, 0.5) is 0 Å². The minimum Gasteiger partial charge on any atom is -0.493 e. The van der Waals surface area contributed by atoms with Gasteiger partial charge in [-0.05, 0) is 35.8 Å². The van der Waals surface area contributed by atoms with Crippen molar-refractivity contribution in [3.05, 3.63) is 22.2 Å². The summed E-state index contributed by atoms with van der Waals surface area (Å²) in [5.41, 5.74) is -0.186. The van der Waals surface area contributed by atoms with Gasteiger partial charge in [-0.2, -0.15) is 0 Å². The lowest BCUT2D eigenvalue weighted by molar-refractivity contribution is -0.144. The summed E-state index contributed by atoms with van der Waals surface area (Å²) in [5.74, 6) is 0.369. The molecule has 0 heterocycles. The second-order valence-electron chi connectivity index (χ2n) is 11.3. The molecule has 1 aromatic carbocycles. The fourth-order valence-corrected chi connectivity index (χ4v) is 6.34. The number of carbonyl (C=O) groups excluding carboxylic acids is 2. The van der Waals surface area contributed by atoms with E-state index in [1.54, 1.807) is 12.1 Å². The molecular weight excluding hydrogens is 500 g/mol. The molecule has 2 aliphatic rings. The third-order valence-corrected chi connectivity index (χ3v) is 7.56. The quantitative estimate of drug-likeness (QED) is 0.529. The van der Waals surface area contributed by atoms with Crippen LogP contribution in [0.1, 0.15) is 64.9 Å². The lowest BCUT2D eigenvalue weighted by Gasteiger charge is -2.46. The van der Waals surface area contributed by atoms with Gasteiger partial charge in [0.05, 0.1) is 31.2 Å². The van der Waals surface area contributed by atoms with Crippen LogP contribution in [0.15, 0.2) is 16.6 Å². The number of halogens is 1. The van der Waals surface area contributed by atoms with Gasteiger partial charge < -0.3 is 19.7 Å². The Morgan fingerprint density at radius 2 is 1.56 bits per heavy atom. The van der Waals surface area contributed by atoms with Crippen molar-refractivity contribution < 1.29 is 29.3 Å². The number of ether oxygens (including phenoxy) is 2. The van der Waals surface area contributed by atoms with Gasteiger partial charge in [-0.3, -0.25) is 9.59 Å². The molecular formula is C27H35BrO6. The minimum absolute atomic E-state index is 0.0416. The number of terminal acetylenes is 1. The van der Waals surface area contributed by atoms with E-state index in [4.69, 9.17) is 15.9 Å². The summed E-state index contributed by atoms with van der Waals surface area (Å²) in [7, 11) is 1.50. The van der Waals surface area contributed by atoms with Crippen molar-refractivity contribution in [1.29, 1.82) is 0 Å². The monoisotopic (exact) mass is 534 g/mol. The van der Waals surface area contributed by atoms with Crippen LogP contribution in [0, 0.1) is 35.0 Å². The highest BCUT2D eigenvalue weighted by Gasteiger charge is 2.53. The second kappa shape index (κ2) is 10.0. The summed E-state index contributed by atoms with van der Waals surface area (Å²) in [4.78, 5) is 27.0. The highest BCUT2D eigenvalue weighted by molar-refractivity contribution is 9.10. The summed E-state index contributed by atoms with van der Waals surface area (Å²) in [5, 5.41) is 22.5. The fraction of sp³-hybridized carbons (Fsp3) is 0.630. The molecule has 0 bridgehead atoms. The predicted octanol–water partition coefficient (Wildman–Crippen LogP) is 4.29. The molecule has 0 spiro atoms. The molecule has 5 atom stereocenters. The van der Waals surface area contributed by atoms with Crippen molar-refractivity contribution in [2.45, 2.75) is 71.5 Å². The molecule has 2 saturated carbocycles. The van der Waals surface area contributed by atoms with Crippen LogP contribution in [0.25, 0.3) is 0 Å². The lowest BCUT2D eigenvalue weighted by atomic mass is 9.58. The smallest absolute Gasteiger partial charge is 0.166 e. The predicted molar refractivity (Wildman–Crippen MR) is 133 cm³/mol. The Morgan fingerprint density at radius 3 is 1.97 bits per heavy atom. The Kier molecular flexibility index (Phi) is 7.86. The highest BCUT2D eigenvalue weighted by Crippen LogP contribution is 2.53. The van der Waals surface area contributed by atoms with Crippen LogP contribution in [0.3, 0.4) is 0 Å². The van der Waals surface area contributed by atoms with Crippen LogP contribution in [-0.2, 0) is 9.59 Å². The third-order valence-electron chi connectivity index (χ3n) is 7.10. The maximum Gasteiger partial charge on any atom is 0.166 e. The summed E-state index contributed by atoms with van der Waals surface area (Å²) < 4.78 is 12.1. The minimum atomic E-state index is -0.971. The number of hydrogen-bond donors (Lipinski definition) is 2. The van der Waals surface area contributed by atoms with Crippen LogP contribution in [0.5, 0.6) is 11.5 Å². The van der Waals surface area contributed by atoms with E-state index in [0.29, 0.717) is 34.4 Å². The highest BCUT2D eigenvalue weighted by atomic mass is 79.9. The van der Waals surface area contributed by atoms with Gasteiger partial charge >= 0.3 is 0 Å². The largest absolute Gasteiger partial charge is 0.493 e. The van der Waals surface area contributed by atoms with Crippen LogP contribution in [0.2, 0.25) is 0 Å². The first-order valence-electron chi connectivity index (χ1n) is 11.7. The molecule has 2 aliphatic carbocycles. The van der Waals surface area contributed by atoms with Gasteiger partial charge in [-0.25, -0.2) is 0 Å². The van der Waals surface area contributed by atoms with Crippen LogP contribution < -0.4 is 9.47 Å². The zero-order chi connectivity index (χ0) is 25.4. The lowest BCUT2D eigenvalue weighted by Crippen LogP contribution is -2.51. The molecule has 7 heteroatoms. The molecule has 0 aromatic heterocycles. The first-order valence-corrected chi connectivity index (χ1v) is 12.4. The van der Waals surface area contributed by atoms with E-state index in [9.17, 15) is 19.8 Å². The number of benzene rings is 1. The number of hydrogen-bond acceptors (Lipinski definition) is 6. The Morgan fingerprint density at radius 1 is 1.06 bits per heavy atom. The van der Waals surface area contributed by atoms with Gasteiger partial charge in [-0.1, -0.05) is 49.5 Å². The van der Waals surface area contributed by atoms with Crippen molar-refractivity contribution in [1.82, 2.24) is 0 Å². The van der Waals surface area contributed by atoms with Gasteiger partial charge in [0.1, 0.15) is 18.2 Å². The number of aliphatic hydroxyl groups excluding tert-OH is 2. The standard InChI is InChI=1S/C27H35BrO6/c1-7-8-34-25-16(9-15(28)10-21(25)33-6)22(23-17(29)11-26(2,3)12-18(23)30)24-19(31)13-27(4,5)14-20(24)32/h1,9-10,17,19,22-24,29,31H,8,11-14H2,2-6H3/t17-,19+,22?,23-,24+. The molecule has 34 heavy (non-hydrogen) atoms. The number of aliphatic hydroxyl groups is 2.